The predicted molar refractivity (Wildman–Crippen MR) is 495 cm³/mol. The number of nitrogens with zero attached hydrogens (tertiary/aromatic N) is 2. The number of halogens is 1. The van der Waals surface area contributed by atoms with Crippen LogP contribution in [0.4, 0.5) is 0 Å². The zero-order valence-electron chi connectivity index (χ0n) is 68.5. The normalized spacial score (nSPS) is 17.7. The molecule has 3 aliphatic heterocycles. The highest BCUT2D eigenvalue weighted by molar-refractivity contribution is 9.10. The van der Waals surface area contributed by atoms with Gasteiger partial charge in [0.2, 0.25) is 0 Å². The Bertz CT molecular complexity index is 6530. The summed E-state index contributed by atoms with van der Waals surface area (Å²) in [6, 6.07) is 112. The van der Waals surface area contributed by atoms with Crippen LogP contribution in [-0.4, -0.2) is 64.7 Å². The van der Waals surface area contributed by atoms with Crippen molar-refractivity contribution in [1.82, 2.24) is 9.97 Å². The fourth-order valence-corrected chi connectivity index (χ4v) is 20.4. The second-order valence-corrected chi connectivity index (χ2v) is 36.5. The smallest absolute Gasteiger partial charge is 0.405 e. The number of hydrogen-bond donors (Lipinski definition) is 0. The van der Waals surface area contributed by atoms with Gasteiger partial charge in [-0.1, -0.05) is 286 Å². The lowest BCUT2D eigenvalue weighted by Crippen LogP contribution is -2.41. The van der Waals surface area contributed by atoms with Gasteiger partial charge in [-0.25, -0.2) is 4.98 Å². The molecular formula is C107H92B3BrN2O6. The Labute approximate surface area is 707 Å². The zero-order valence-corrected chi connectivity index (χ0v) is 70.1. The standard InChI is InChI=1S/C50H38BNO2.C44H26BrN.C12H24B2O4.CH4/c1-48(2)49(3,4)54-51(53-48)45-28-26-32(30-52-45)47-39-20-7-5-18-37(39)46(38-19-6-8-21-40(38)47)31-25-27-36-35-17-11-14-24-43(35)50(44(36)29-31)41-22-12-9-15-33(41)34-16-10-13-23-42(34)50;45-41-24-22-28(26-46-41)43-35-16-3-1-14-33(35)42(34-15-2-4-17-36(34)43)27-21-23-32-31-13-7-10-20-39(31)44(40(32)25-27)37-18-8-5-11-29(37)30-12-6-9-19-38(30)44;1-9(2)10(3,4)16-13(15-9)14-17-11(5,6)12(7,8)18-14;/h5-30H,1-4H3;1-26H;1-8H3;1H4. The van der Waals surface area contributed by atoms with Gasteiger partial charge in [0.1, 0.15) is 4.60 Å². The number of fused-ring (bicyclic) bond motifs is 24. The Hall–Kier alpha value is -11.1. The molecule has 12 heteroatoms. The molecule has 14 aromatic carbocycles. The summed E-state index contributed by atoms with van der Waals surface area (Å²) in [5, 5.41) is 9.80. The lowest BCUT2D eigenvalue weighted by Gasteiger charge is -2.32. The number of aromatic nitrogens is 2. The van der Waals surface area contributed by atoms with Crippen molar-refractivity contribution in [3.05, 3.63) is 365 Å². The highest BCUT2D eigenvalue weighted by Gasteiger charge is 2.64. The van der Waals surface area contributed by atoms with Crippen LogP contribution in [0.25, 0.3) is 132 Å². The van der Waals surface area contributed by atoms with E-state index in [0.29, 0.717) is 0 Å². The Kier molecular flexibility index (Phi) is 17.8. The second kappa shape index (κ2) is 27.7. The summed E-state index contributed by atoms with van der Waals surface area (Å²) in [7, 11) is -1.46. The maximum Gasteiger partial charge on any atom is 0.514 e. The Morgan fingerprint density at radius 1 is 0.235 bits per heavy atom. The van der Waals surface area contributed by atoms with Crippen LogP contribution in [-0.2, 0) is 38.8 Å². The van der Waals surface area contributed by atoms with Crippen LogP contribution in [0, 0.1) is 0 Å². The third kappa shape index (κ3) is 11.3. The van der Waals surface area contributed by atoms with Crippen LogP contribution in [0.2, 0.25) is 0 Å². The molecule has 2 aromatic heterocycles. The molecule has 3 fully saturated rings. The van der Waals surface area contributed by atoms with E-state index < -0.39 is 37.8 Å². The van der Waals surface area contributed by atoms with E-state index in [4.69, 9.17) is 32.9 Å². The van der Waals surface area contributed by atoms with E-state index in [1.807, 2.05) is 73.8 Å². The van der Waals surface area contributed by atoms with Gasteiger partial charge in [-0.2, -0.15) is 0 Å². The van der Waals surface area contributed by atoms with Crippen molar-refractivity contribution in [3.63, 3.8) is 0 Å². The van der Waals surface area contributed by atoms with Crippen molar-refractivity contribution in [3.8, 4) is 89.0 Å². The summed E-state index contributed by atoms with van der Waals surface area (Å²) in [4.78, 5) is 9.55. The van der Waals surface area contributed by atoms with Crippen LogP contribution < -0.4 is 5.59 Å². The first-order valence-electron chi connectivity index (χ1n) is 41.3. The van der Waals surface area contributed by atoms with Gasteiger partial charge in [-0.05, 0) is 289 Å². The lowest BCUT2D eigenvalue weighted by atomic mass is 9.49. The first kappa shape index (κ1) is 76.5. The summed E-state index contributed by atoms with van der Waals surface area (Å²) in [5.41, 5.74) is 28.7. The van der Waals surface area contributed by atoms with Gasteiger partial charge in [-0.3, -0.25) is 4.98 Å². The first-order chi connectivity index (χ1) is 56.9. The molecule has 0 saturated carbocycles. The number of pyridine rings is 2. The van der Waals surface area contributed by atoms with Gasteiger partial charge < -0.3 is 27.9 Å². The van der Waals surface area contributed by atoms with Crippen molar-refractivity contribution in [2.45, 2.75) is 135 Å². The molecule has 16 aromatic rings. The molecule has 7 aliphatic rings. The van der Waals surface area contributed by atoms with Crippen LogP contribution in [0.1, 0.15) is 135 Å². The molecule has 582 valence electrons. The molecule has 3 saturated heterocycles. The molecule has 8 nitrogen and oxygen atoms in total. The van der Waals surface area contributed by atoms with E-state index >= 15 is 0 Å². The number of hydrogen-bond acceptors (Lipinski definition) is 8. The van der Waals surface area contributed by atoms with Gasteiger partial charge in [0, 0.05) is 23.5 Å². The summed E-state index contributed by atoms with van der Waals surface area (Å²) in [6.07, 6.45) is 3.96. The third-order valence-corrected chi connectivity index (χ3v) is 28.3. The monoisotopic (exact) mass is 1610 g/mol. The van der Waals surface area contributed by atoms with Gasteiger partial charge in [0.05, 0.1) is 50.0 Å². The molecule has 2 spiro atoms. The average Bonchev–Trinajstić information content (AvgIpc) is 1.52. The summed E-state index contributed by atoms with van der Waals surface area (Å²) < 4.78 is 37.4. The Morgan fingerprint density at radius 2 is 0.462 bits per heavy atom. The van der Waals surface area contributed by atoms with E-state index in [0.717, 1.165) is 21.3 Å². The average molecular weight is 1610 g/mol. The molecule has 0 N–H and O–H groups in total. The zero-order chi connectivity index (χ0) is 80.8. The van der Waals surface area contributed by atoms with E-state index in [-0.39, 0.29) is 35.2 Å². The third-order valence-electron chi connectivity index (χ3n) is 27.8. The maximum absolute atomic E-state index is 6.34. The number of benzene rings is 14. The lowest BCUT2D eigenvalue weighted by molar-refractivity contribution is 0.00578. The highest BCUT2D eigenvalue weighted by atomic mass is 79.9. The van der Waals surface area contributed by atoms with E-state index in [1.165, 1.54) is 165 Å². The van der Waals surface area contributed by atoms with Gasteiger partial charge in [0.25, 0.3) is 0 Å². The van der Waals surface area contributed by atoms with Crippen molar-refractivity contribution in [1.29, 1.82) is 0 Å². The quantitative estimate of drug-likeness (QED) is 0.0925. The van der Waals surface area contributed by atoms with Crippen LogP contribution in [0.15, 0.2) is 320 Å². The van der Waals surface area contributed by atoms with Gasteiger partial charge in [0.15, 0.2) is 0 Å². The Morgan fingerprint density at radius 3 is 0.723 bits per heavy atom. The highest BCUT2D eigenvalue weighted by Crippen LogP contribution is 2.66. The van der Waals surface area contributed by atoms with Crippen molar-refractivity contribution in [2.75, 3.05) is 0 Å². The summed E-state index contributed by atoms with van der Waals surface area (Å²) in [6.45, 7) is 24.5. The molecule has 0 unspecified atom stereocenters. The first-order valence-corrected chi connectivity index (χ1v) is 42.1. The van der Waals surface area contributed by atoms with Crippen molar-refractivity contribution in [2.24, 2.45) is 0 Å². The van der Waals surface area contributed by atoms with E-state index in [1.54, 1.807) is 0 Å². The molecule has 0 atom stereocenters. The number of rotatable bonds is 6. The van der Waals surface area contributed by atoms with Crippen molar-refractivity contribution >= 4 is 85.7 Å². The van der Waals surface area contributed by atoms with E-state index in [9.17, 15) is 0 Å². The van der Waals surface area contributed by atoms with E-state index in [2.05, 4.69) is 346 Å². The topological polar surface area (TPSA) is 81.2 Å². The molecular weight excluding hydrogens is 1520 g/mol. The van der Waals surface area contributed by atoms with Crippen LogP contribution in [0.5, 0.6) is 0 Å². The molecule has 0 radical (unpaired) electrons. The molecule has 0 amide bonds. The minimum Gasteiger partial charge on any atom is -0.405 e. The van der Waals surface area contributed by atoms with Crippen LogP contribution in [0.3, 0.4) is 0 Å². The predicted octanol–water partition coefficient (Wildman–Crippen LogP) is 26.1. The molecule has 4 aliphatic carbocycles. The summed E-state index contributed by atoms with van der Waals surface area (Å²) in [5.74, 6) is 0. The molecule has 5 heterocycles. The fourth-order valence-electron chi connectivity index (χ4n) is 20.2. The Balaban J connectivity index is 0.000000127. The largest absolute Gasteiger partial charge is 0.514 e. The minimum absolute atomic E-state index is 0. The fraction of sp³-hybridized carbons (Fsp3) is 0.196. The molecule has 0 bridgehead atoms. The van der Waals surface area contributed by atoms with Gasteiger partial charge in [-0.15, -0.1) is 0 Å². The maximum atomic E-state index is 6.34. The SMILES string of the molecule is Brc1ccc(-c2c3ccccc3c(-c3ccc4c(c3)C3(c5ccccc5-c5ccccc53)c3ccccc3-4)c3ccccc23)cn1.C.CC1(C)OB(B2OC(C)(C)C(C)(C)O2)OC1(C)C.CC1(C)OB(c2ccc(-c3c4ccccc4c(-c4ccc5c(c4)C4(c6ccccc6-c6ccccc64)c4ccccc4-5)c4ccccc34)cn2)OC1(C)C. The van der Waals surface area contributed by atoms with Crippen molar-refractivity contribution < 1.29 is 27.9 Å². The molecule has 119 heavy (non-hydrogen) atoms. The van der Waals surface area contributed by atoms with Crippen LogP contribution >= 0.6 is 15.9 Å². The van der Waals surface area contributed by atoms with Gasteiger partial charge >= 0.3 is 21.1 Å². The minimum atomic E-state index is -0.507. The molecule has 23 rings (SSSR count). The summed E-state index contributed by atoms with van der Waals surface area (Å²) >= 11 is 3.53. The second-order valence-electron chi connectivity index (χ2n) is 35.7.